The number of aromatic nitrogens is 4. The summed E-state index contributed by atoms with van der Waals surface area (Å²) >= 11 is 7.26. The van der Waals surface area contributed by atoms with Gasteiger partial charge >= 0.3 is 5.69 Å². The van der Waals surface area contributed by atoms with E-state index in [4.69, 9.17) is 11.6 Å². The van der Waals surface area contributed by atoms with Gasteiger partial charge in [0.05, 0.1) is 5.75 Å². The van der Waals surface area contributed by atoms with Crippen molar-refractivity contribution in [1.29, 1.82) is 0 Å². The second-order valence-corrected chi connectivity index (χ2v) is 8.47. The third-order valence-electron chi connectivity index (χ3n) is 4.57. The molecule has 2 heterocycles. The van der Waals surface area contributed by atoms with Crippen LogP contribution in [0.4, 0.5) is 0 Å². The number of hydrogen-bond acceptors (Lipinski definition) is 6. The van der Waals surface area contributed by atoms with Crippen molar-refractivity contribution in [2.75, 3.05) is 5.75 Å². The molecule has 1 aromatic carbocycles. The van der Waals surface area contributed by atoms with Crippen LogP contribution in [0.5, 0.6) is 0 Å². The summed E-state index contributed by atoms with van der Waals surface area (Å²) < 4.78 is 2.34. The normalized spacial score (nSPS) is 11.3. The summed E-state index contributed by atoms with van der Waals surface area (Å²) in [4.78, 5) is 46.3. The van der Waals surface area contributed by atoms with Crippen LogP contribution in [0.3, 0.4) is 0 Å². The van der Waals surface area contributed by atoms with Gasteiger partial charge in [-0.15, -0.1) is 0 Å². The van der Waals surface area contributed by atoms with Gasteiger partial charge in [0.25, 0.3) is 5.56 Å². The van der Waals surface area contributed by atoms with Crippen molar-refractivity contribution in [2.45, 2.75) is 31.3 Å². The fraction of sp³-hybridized carbons (Fsp3) is 0.350. The molecule has 0 spiro atoms. The van der Waals surface area contributed by atoms with Crippen LogP contribution < -0.4 is 16.6 Å². The second-order valence-electron chi connectivity index (χ2n) is 7.10. The van der Waals surface area contributed by atoms with Gasteiger partial charge in [-0.25, -0.2) is 14.8 Å². The Labute approximate surface area is 182 Å². The number of carbonyl (C=O) groups excluding carboxylic acids is 1. The van der Waals surface area contributed by atoms with Crippen LogP contribution in [0.15, 0.2) is 38.9 Å². The highest BCUT2D eigenvalue weighted by atomic mass is 35.5. The minimum absolute atomic E-state index is 0.0121. The van der Waals surface area contributed by atoms with Crippen LogP contribution in [0.2, 0.25) is 5.02 Å². The molecule has 1 N–H and O–H groups in total. The molecule has 2 aromatic heterocycles. The molecule has 0 atom stereocenters. The maximum atomic E-state index is 12.7. The first-order valence-corrected chi connectivity index (χ1v) is 10.7. The summed E-state index contributed by atoms with van der Waals surface area (Å²) in [6.45, 7) is 4.15. The van der Waals surface area contributed by atoms with Crippen molar-refractivity contribution in [3.63, 3.8) is 0 Å². The number of thioether (sulfide) groups is 1. The summed E-state index contributed by atoms with van der Waals surface area (Å²) in [5.74, 6) is 0.325. The number of carbonyl (C=O) groups is 1. The zero-order chi connectivity index (χ0) is 22.0. The fourth-order valence-corrected chi connectivity index (χ4v) is 3.88. The van der Waals surface area contributed by atoms with Gasteiger partial charge in [-0.3, -0.25) is 18.7 Å². The Morgan fingerprint density at radius 1 is 1.17 bits per heavy atom. The maximum Gasteiger partial charge on any atom is 0.332 e. The van der Waals surface area contributed by atoms with Crippen molar-refractivity contribution >= 4 is 40.3 Å². The predicted molar refractivity (Wildman–Crippen MR) is 118 cm³/mol. The zero-order valence-electron chi connectivity index (χ0n) is 17.1. The second kappa shape index (κ2) is 9.01. The molecule has 1 amide bonds. The van der Waals surface area contributed by atoms with Gasteiger partial charge in [-0.1, -0.05) is 55.4 Å². The Balaban J connectivity index is 1.89. The number of amides is 1. The van der Waals surface area contributed by atoms with Crippen molar-refractivity contribution in [3.05, 3.63) is 61.5 Å². The van der Waals surface area contributed by atoms with Crippen molar-refractivity contribution in [1.82, 2.24) is 24.4 Å². The zero-order valence-corrected chi connectivity index (χ0v) is 18.7. The van der Waals surface area contributed by atoms with Gasteiger partial charge in [0.2, 0.25) is 5.91 Å². The summed E-state index contributed by atoms with van der Waals surface area (Å²) in [5, 5.41) is 4.01. The van der Waals surface area contributed by atoms with E-state index in [2.05, 4.69) is 15.3 Å². The highest BCUT2D eigenvalue weighted by Crippen LogP contribution is 2.24. The van der Waals surface area contributed by atoms with Crippen molar-refractivity contribution in [3.8, 4) is 0 Å². The summed E-state index contributed by atoms with van der Waals surface area (Å²) in [6, 6.07) is 7.28. The number of fused-ring (bicyclic) bond motifs is 1. The smallest absolute Gasteiger partial charge is 0.332 e. The topological polar surface area (TPSA) is 98.9 Å². The van der Waals surface area contributed by atoms with Crippen LogP contribution in [-0.4, -0.2) is 30.8 Å². The Morgan fingerprint density at radius 2 is 1.87 bits per heavy atom. The third-order valence-corrected chi connectivity index (χ3v) is 5.92. The average Bonchev–Trinajstić information content (AvgIpc) is 2.73. The molecule has 0 bridgehead atoms. The quantitative estimate of drug-likeness (QED) is 0.459. The molecule has 0 aliphatic heterocycles. The molecular formula is C20H22ClN5O3S. The van der Waals surface area contributed by atoms with Crippen molar-refractivity contribution in [2.24, 2.45) is 14.1 Å². The maximum absolute atomic E-state index is 12.7. The van der Waals surface area contributed by atoms with E-state index >= 15 is 0 Å². The lowest BCUT2D eigenvalue weighted by Gasteiger charge is -2.13. The van der Waals surface area contributed by atoms with Gasteiger partial charge in [0.1, 0.15) is 16.2 Å². The average molecular weight is 448 g/mol. The van der Waals surface area contributed by atoms with E-state index in [1.807, 2.05) is 32.0 Å². The van der Waals surface area contributed by atoms with Gasteiger partial charge in [0.15, 0.2) is 5.65 Å². The van der Waals surface area contributed by atoms with E-state index in [-0.39, 0.29) is 28.6 Å². The van der Waals surface area contributed by atoms with Crippen LogP contribution in [-0.2, 0) is 25.4 Å². The summed E-state index contributed by atoms with van der Waals surface area (Å²) in [7, 11) is 2.97. The molecule has 30 heavy (non-hydrogen) atoms. The van der Waals surface area contributed by atoms with Crippen molar-refractivity contribution < 1.29 is 4.79 Å². The number of rotatable bonds is 6. The Hall–Kier alpha value is -2.65. The van der Waals surface area contributed by atoms with Gasteiger partial charge in [0, 0.05) is 31.6 Å². The number of nitrogens with one attached hydrogen (secondary N) is 1. The molecule has 8 nitrogen and oxygen atoms in total. The molecule has 0 fully saturated rings. The number of hydrogen-bond donors (Lipinski definition) is 1. The van der Waals surface area contributed by atoms with E-state index in [0.717, 1.165) is 21.9 Å². The standard InChI is InChI=1S/C20H22ClN5O3S/c1-11(2)16-23-17-15(19(28)26(4)20(29)25(17)3)18(24-16)30-10-14(27)22-9-12-7-5-6-8-13(12)21/h5-8,11H,9-10H2,1-4H3,(H,22,27). The monoisotopic (exact) mass is 447 g/mol. The molecule has 0 aliphatic carbocycles. The van der Waals surface area contributed by atoms with Gasteiger partial charge in [-0.2, -0.15) is 0 Å². The lowest BCUT2D eigenvalue weighted by atomic mass is 10.2. The van der Waals surface area contributed by atoms with Gasteiger partial charge < -0.3 is 5.32 Å². The molecule has 3 aromatic rings. The van der Waals surface area contributed by atoms with E-state index in [9.17, 15) is 14.4 Å². The molecule has 0 saturated carbocycles. The number of benzene rings is 1. The molecule has 10 heteroatoms. The first-order valence-electron chi connectivity index (χ1n) is 9.31. The summed E-state index contributed by atoms with van der Waals surface area (Å²) in [5.41, 5.74) is 0.133. The highest BCUT2D eigenvalue weighted by Gasteiger charge is 2.19. The van der Waals surface area contributed by atoms with Crippen LogP contribution in [0.25, 0.3) is 11.0 Å². The van der Waals surface area contributed by atoms with E-state index in [0.29, 0.717) is 22.4 Å². The Bertz CT molecular complexity index is 1240. The molecule has 158 valence electrons. The highest BCUT2D eigenvalue weighted by molar-refractivity contribution is 8.00. The number of aryl methyl sites for hydroxylation is 1. The first-order chi connectivity index (χ1) is 14.2. The third kappa shape index (κ3) is 4.41. The molecule has 0 unspecified atom stereocenters. The molecule has 0 radical (unpaired) electrons. The number of nitrogens with zero attached hydrogens (tertiary/aromatic N) is 4. The molecule has 0 saturated heterocycles. The lowest BCUT2D eigenvalue weighted by molar-refractivity contribution is -0.118. The van der Waals surface area contributed by atoms with E-state index < -0.39 is 11.2 Å². The minimum atomic E-state index is -0.484. The summed E-state index contributed by atoms with van der Waals surface area (Å²) in [6.07, 6.45) is 0. The Morgan fingerprint density at radius 3 is 2.53 bits per heavy atom. The van der Waals surface area contributed by atoms with E-state index in [1.165, 1.54) is 11.6 Å². The van der Waals surface area contributed by atoms with Crippen LogP contribution >= 0.6 is 23.4 Å². The van der Waals surface area contributed by atoms with Crippen LogP contribution in [0, 0.1) is 0 Å². The molecule has 3 rings (SSSR count). The number of halogens is 1. The minimum Gasteiger partial charge on any atom is -0.351 e. The molecular weight excluding hydrogens is 426 g/mol. The largest absolute Gasteiger partial charge is 0.351 e. The predicted octanol–water partition coefficient (Wildman–Crippen LogP) is 2.21. The Kier molecular flexibility index (Phi) is 6.62. The SMILES string of the molecule is CC(C)c1nc(SCC(=O)NCc2ccccc2Cl)c2c(=O)n(C)c(=O)n(C)c2n1. The van der Waals surface area contributed by atoms with Gasteiger partial charge in [-0.05, 0) is 11.6 Å². The first kappa shape index (κ1) is 22.0. The lowest BCUT2D eigenvalue weighted by Crippen LogP contribution is -2.38. The van der Waals surface area contributed by atoms with Crippen LogP contribution in [0.1, 0.15) is 31.2 Å². The molecule has 0 aliphatic rings. The fourth-order valence-electron chi connectivity index (χ4n) is 2.83. The van der Waals surface area contributed by atoms with E-state index in [1.54, 1.807) is 13.1 Å².